The third kappa shape index (κ3) is 7.43. The van der Waals surface area contributed by atoms with E-state index in [9.17, 15) is 0 Å². The van der Waals surface area contributed by atoms with E-state index in [0.29, 0.717) is 31.5 Å². The standard InChI is InChI=1S/C12H26O4SSi/c1-5-12(17)13-10-9-11-18(14-6-2,15-7-3)16-8-4/h5-11H2,1-4H3. The second-order valence-electron chi connectivity index (χ2n) is 3.66. The Hall–Kier alpha value is -0.0131. The maximum absolute atomic E-state index is 5.75. The van der Waals surface area contributed by atoms with Gasteiger partial charge in [0.15, 0.2) is 5.05 Å². The minimum atomic E-state index is -2.50. The lowest BCUT2D eigenvalue weighted by molar-refractivity contribution is 0.0695. The predicted molar refractivity (Wildman–Crippen MR) is 78.9 cm³/mol. The zero-order valence-electron chi connectivity index (χ0n) is 12.0. The highest BCUT2D eigenvalue weighted by Crippen LogP contribution is 2.18. The Balaban J connectivity index is 4.16. The third-order valence-electron chi connectivity index (χ3n) is 2.27. The molecule has 0 aromatic heterocycles. The van der Waals surface area contributed by atoms with Gasteiger partial charge in [-0.3, -0.25) is 0 Å². The van der Waals surface area contributed by atoms with Crippen molar-refractivity contribution in [3.63, 3.8) is 0 Å². The smallest absolute Gasteiger partial charge is 0.487 e. The molecular formula is C12H26O4SSi. The van der Waals surface area contributed by atoms with Crippen molar-refractivity contribution in [2.75, 3.05) is 26.4 Å². The van der Waals surface area contributed by atoms with Crippen molar-refractivity contribution in [1.82, 2.24) is 0 Å². The highest BCUT2D eigenvalue weighted by Gasteiger charge is 2.39. The SMILES string of the molecule is CCO[Si](CCCOC(=S)CC)(OCC)OCC. The van der Waals surface area contributed by atoms with Gasteiger partial charge in [-0.15, -0.1) is 0 Å². The van der Waals surface area contributed by atoms with E-state index in [2.05, 4.69) is 0 Å². The first-order chi connectivity index (χ1) is 8.64. The van der Waals surface area contributed by atoms with Crippen molar-refractivity contribution in [2.24, 2.45) is 0 Å². The Labute approximate surface area is 117 Å². The largest absolute Gasteiger partial charge is 0.501 e. The number of rotatable bonds is 11. The van der Waals surface area contributed by atoms with Crippen LogP contribution in [0, 0.1) is 0 Å². The van der Waals surface area contributed by atoms with Crippen LogP contribution < -0.4 is 0 Å². The molecule has 0 fully saturated rings. The predicted octanol–water partition coefficient (Wildman–Crippen LogP) is 3.18. The fourth-order valence-electron chi connectivity index (χ4n) is 1.58. The van der Waals surface area contributed by atoms with Crippen molar-refractivity contribution in [3.05, 3.63) is 0 Å². The number of ether oxygens (including phenoxy) is 1. The van der Waals surface area contributed by atoms with Crippen LogP contribution in [0.3, 0.4) is 0 Å². The lowest BCUT2D eigenvalue weighted by Gasteiger charge is -2.28. The molecule has 0 unspecified atom stereocenters. The molecule has 0 bridgehead atoms. The van der Waals surface area contributed by atoms with E-state index in [-0.39, 0.29) is 0 Å². The van der Waals surface area contributed by atoms with Crippen molar-refractivity contribution < 1.29 is 18.0 Å². The molecule has 0 aromatic rings. The molecule has 0 radical (unpaired) electrons. The van der Waals surface area contributed by atoms with Crippen LogP contribution in [0.4, 0.5) is 0 Å². The van der Waals surface area contributed by atoms with Gasteiger partial charge in [0.25, 0.3) is 0 Å². The summed E-state index contributed by atoms with van der Waals surface area (Å²) in [6.45, 7) is 10.3. The zero-order valence-corrected chi connectivity index (χ0v) is 13.8. The van der Waals surface area contributed by atoms with Gasteiger partial charge in [-0.1, -0.05) is 6.92 Å². The summed E-state index contributed by atoms with van der Waals surface area (Å²) in [7, 11) is -2.50. The van der Waals surface area contributed by atoms with Crippen molar-refractivity contribution >= 4 is 26.1 Å². The monoisotopic (exact) mass is 294 g/mol. The molecule has 0 heterocycles. The minimum Gasteiger partial charge on any atom is -0.487 e. The lowest BCUT2D eigenvalue weighted by atomic mass is 10.5. The van der Waals surface area contributed by atoms with Crippen molar-refractivity contribution in [2.45, 2.75) is 46.6 Å². The second-order valence-corrected chi connectivity index (χ2v) is 6.85. The van der Waals surface area contributed by atoms with Gasteiger partial charge in [0, 0.05) is 32.3 Å². The average molecular weight is 294 g/mol. The van der Waals surface area contributed by atoms with Gasteiger partial charge in [-0.05, 0) is 39.4 Å². The zero-order chi connectivity index (χ0) is 13.9. The van der Waals surface area contributed by atoms with E-state index in [1.165, 1.54) is 0 Å². The first kappa shape index (κ1) is 18.0. The third-order valence-corrected chi connectivity index (χ3v) is 5.83. The van der Waals surface area contributed by atoms with Crippen LogP contribution in [-0.4, -0.2) is 40.3 Å². The van der Waals surface area contributed by atoms with E-state index in [1.54, 1.807) is 0 Å². The Morgan fingerprint density at radius 1 is 0.944 bits per heavy atom. The van der Waals surface area contributed by atoms with Crippen LogP contribution in [0.1, 0.15) is 40.5 Å². The van der Waals surface area contributed by atoms with E-state index in [1.807, 2.05) is 27.7 Å². The summed E-state index contributed by atoms with van der Waals surface area (Å²) < 4.78 is 22.7. The van der Waals surface area contributed by atoms with Gasteiger partial charge >= 0.3 is 8.80 Å². The summed E-state index contributed by atoms with van der Waals surface area (Å²) in [5.74, 6) is 0. The van der Waals surface area contributed by atoms with Gasteiger partial charge in [0.2, 0.25) is 0 Å². The fraction of sp³-hybridized carbons (Fsp3) is 0.917. The minimum absolute atomic E-state index is 0.606. The number of hydrogen-bond acceptors (Lipinski definition) is 5. The Bertz CT molecular complexity index is 209. The molecule has 0 rings (SSSR count). The molecular weight excluding hydrogens is 268 g/mol. The lowest BCUT2D eigenvalue weighted by Crippen LogP contribution is -2.46. The normalized spacial score (nSPS) is 11.6. The molecule has 0 saturated carbocycles. The summed E-state index contributed by atoms with van der Waals surface area (Å²) in [6, 6.07) is 0.773. The maximum Gasteiger partial charge on any atom is 0.501 e. The van der Waals surface area contributed by atoms with Crippen LogP contribution in [0.25, 0.3) is 0 Å². The highest BCUT2D eigenvalue weighted by molar-refractivity contribution is 7.80. The number of thiocarbonyl (C=S) groups is 1. The highest BCUT2D eigenvalue weighted by atomic mass is 32.1. The number of hydrogen-bond donors (Lipinski definition) is 0. The Kier molecular flexibility index (Phi) is 10.9. The molecule has 0 aliphatic heterocycles. The summed E-state index contributed by atoms with van der Waals surface area (Å²) in [6.07, 6.45) is 1.62. The summed E-state index contributed by atoms with van der Waals surface area (Å²) in [4.78, 5) is 0. The summed E-state index contributed by atoms with van der Waals surface area (Å²) >= 11 is 5.01. The van der Waals surface area contributed by atoms with Gasteiger partial charge in [-0.25, -0.2) is 0 Å². The summed E-state index contributed by atoms with van der Waals surface area (Å²) in [5.41, 5.74) is 0. The molecule has 108 valence electrons. The van der Waals surface area contributed by atoms with Crippen molar-refractivity contribution in [1.29, 1.82) is 0 Å². The van der Waals surface area contributed by atoms with Gasteiger partial charge in [-0.2, -0.15) is 0 Å². The van der Waals surface area contributed by atoms with Crippen molar-refractivity contribution in [3.8, 4) is 0 Å². The molecule has 6 heteroatoms. The fourth-order valence-corrected chi connectivity index (χ4v) is 4.24. The molecule has 18 heavy (non-hydrogen) atoms. The quantitative estimate of drug-likeness (QED) is 0.332. The molecule has 0 spiro atoms. The van der Waals surface area contributed by atoms with E-state index in [0.717, 1.165) is 18.9 Å². The van der Waals surface area contributed by atoms with Crippen LogP contribution in [0.15, 0.2) is 0 Å². The average Bonchev–Trinajstić information content (AvgIpc) is 2.35. The molecule has 0 saturated heterocycles. The van der Waals surface area contributed by atoms with Crippen LogP contribution in [-0.2, 0) is 18.0 Å². The Morgan fingerprint density at radius 2 is 1.44 bits per heavy atom. The topological polar surface area (TPSA) is 36.9 Å². The molecule has 0 N–H and O–H groups in total. The molecule has 0 atom stereocenters. The maximum atomic E-state index is 5.75. The van der Waals surface area contributed by atoms with Crippen LogP contribution in [0.5, 0.6) is 0 Å². The molecule has 0 aliphatic carbocycles. The van der Waals surface area contributed by atoms with Gasteiger partial charge in [0.05, 0.1) is 6.61 Å². The Morgan fingerprint density at radius 3 is 1.83 bits per heavy atom. The molecule has 0 aliphatic rings. The molecule has 0 aromatic carbocycles. The van der Waals surface area contributed by atoms with Gasteiger partial charge in [0.1, 0.15) is 0 Å². The molecule has 4 nitrogen and oxygen atoms in total. The van der Waals surface area contributed by atoms with Crippen LogP contribution in [0.2, 0.25) is 6.04 Å². The van der Waals surface area contributed by atoms with Gasteiger partial charge < -0.3 is 18.0 Å². The second kappa shape index (κ2) is 10.9. The van der Waals surface area contributed by atoms with Crippen LogP contribution >= 0.6 is 12.2 Å². The van der Waals surface area contributed by atoms with E-state index in [4.69, 9.17) is 30.2 Å². The van der Waals surface area contributed by atoms with E-state index >= 15 is 0 Å². The molecule has 0 amide bonds. The first-order valence-corrected chi connectivity index (χ1v) is 9.05. The first-order valence-electron chi connectivity index (χ1n) is 6.71. The van der Waals surface area contributed by atoms with E-state index < -0.39 is 8.80 Å². The summed E-state index contributed by atoms with van der Waals surface area (Å²) in [5, 5.41) is 0.659.